The molecule has 0 saturated heterocycles. The summed E-state index contributed by atoms with van der Waals surface area (Å²) in [6.07, 6.45) is 1.58. The molecule has 0 atom stereocenters. The Labute approximate surface area is 218 Å². The molecule has 1 amide bonds. The Hall–Kier alpha value is -4.17. The number of nitrogens with zero attached hydrogens (tertiary/aromatic N) is 3. The molecule has 4 rings (SSSR count). The SMILES string of the molecule is Cc1ccc(N(CC(=O)N/N=C\c2cc(C)n(-c3ccc(C)cc3)c2C)S(=O)(=O)c2ccccc2)cc1. The first-order valence-electron chi connectivity index (χ1n) is 11.9. The van der Waals surface area contributed by atoms with E-state index in [0.717, 1.165) is 32.5 Å². The van der Waals surface area contributed by atoms with Crippen molar-refractivity contribution in [3.8, 4) is 5.69 Å². The van der Waals surface area contributed by atoms with E-state index in [1.807, 2.05) is 45.9 Å². The third kappa shape index (κ3) is 5.81. The highest BCUT2D eigenvalue weighted by Crippen LogP contribution is 2.24. The number of amides is 1. The number of carbonyl (C=O) groups is 1. The maximum Gasteiger partial charge on any atom is 0.264 e. The van der Waals surface area contributed by atoms with Crippen LogP contribution in [0.5, 0.6) is 0 Å². The average Bonchev–Trinajstić information content (AvgIpc) is 3.17. The van der Waals surface area contributed by atoms with Crippen LogP contribution in [0.25, 0.3) is 5.69 Å². The molecule has 0 saturated carbocycles. The first-order chi connectivity index (χ1) is 17.7. The van der Waals surface area contributed by atoms with Crippen LogP contribution in [0.4, 0.5) is 5.69 Å². The van der Waals surface area contributed by atoms with Crippen LogP contribution in [0, 0.1) is 27.7 Å². The summed E-state index contributed by atoms with van der Waals surface area (Å²) in [7, 11) is -3.96. The Morgan fingerprint density at radius 2 is 1.49 bits per heavy atom. The predicted molar refractivity (Wildman–Crippen MR) is 148 cm³/mol. The second-order valence-corrected chi connectivity index (χ2v) is 10.8. The van der Waals surface area contributed by atoms with Crippen molar-refractivity contribution in [1.29, 1.82) is 0 Å². The van der Waals surface area contributed by atoms with Crippen LogP contribution in [0.1, 0.15) is 28.1 Å². The van der Waals surface area contributed by atoms with Crippen molar-refractivity contribution in [2.75, 3.05) is 10.8 Å². The molecule has 7 nitrogen and oxygen atoms in total. The van der Waals surface area contributed by atoms with Crippen LogP contribution < -0.4 is 9.73 Å². The van der Waals surface area contributed by atoms with E-state index in [-0.39, 0.29) is 4.90 Å². The fourth-order valence-electron chi connectivity index (χ4n) is 4.09. The fraction of sp³-hybridized carbons (Fsp3) is 0.172. The number of rotatable bonds is 8. The molecule has 0 fully saturated rings. The van der Waals surface area contributed by atoms with Crippen LogP contribution >= 0.6 is 0 Å². The quantitative estimate of drug-likeness (QED) is 0.264. The van der Waals surface area contributed by atoms with Crippen molar-refractivity contribution in [2.24, 2.45) is 5.10 Å². The van der Waals surface area contributed by atoms with E-state index in [2.05, 4.69) is 39.4 Å². The summed E-state index contributed by atoms with van der Waals surface area (Å²) in [4.78, 5) is 12.9. The van der Waals surface area contributed by atoms with Gasteiger partial charge in [-0.2, -0.15) is 5.10 Å². The van der Waals surface area contributed by atoms with Gasteiger partial charge in [0.05, 0.1) is 16.8 Å². The number of aryl methyl sites for hydroxylation is 3. The molecular formula is C29H30N4O3S. The van der Waals surface area contributed by atoms with Gasteiger partial charge in [0, 0.05) is 22.6 Å². The monoisotopic (exact) mass is 514 g/mol. The van der Waals surface area contributed by atoms with E-state index in [1.165, 1.54) is 17.7 Å². The smallest absolute Gasteiger partial charge is 0.264 e. The summed E-state index contributed by atoms with van der Waals surface area (Å²) in [5, 5.41) is 4.12. The van der Waals surface area contributed by atoms with Crippen molar-refractivity contribution in [3.05, 3.63) is 113 Å². The summed E-state index contributed by atoms with van der Waals surface area (Å²) in [5.41, 5.74) is 8.96. The van der Waals surface area contributed by atoms with Crippen LogP contribution in [0.15, 0.2) is 94.9 Å². The van der Waals surface area contributed by atoms with Gasteiger partial charge >= 0.3 is 0 Å². The summed E-state index contributed by atoms with van der Waals surface area (Å²) >= 11 is 0. The zero-order valence-electron chi connectivity index (χ0n) is 21.3. The lowest BCUT2D eigenvalue weighted by Gasteiger charge is -2.23. The average molecular weight is 515 g/mol. The highest BCUT2D eigenvalue weighted by molar-refractivity contribution is 7.92. The molecule has 0 unspecified atom stereocenters. The Bertz CT molecular complexity index is 1520. The number of carbonyl (C=O) groups excluding carboxylic acids is 1. The van der Waals surface area contributed by atoms with Crippen LogP contribution in [0.3, 0.4) is 0 Å². The molecule has 190 valence electrons. The number of sulfonamides is 1. The van der Waals surface area contributed by atoms with Gasteiger partial charge in [-0.3, -0.25) is 9.10 Å². The highest BCUT2D eigenvalue weighted by Gasteiger charge is 2.27. The molecule has 0 aliphatic rings. The lowest BCUT2D eigenvalue weighted by atomic mass is 10.2. The van der Waals surface area contributed by atoms with Gasteiger partial charge in [-0.05, 0) is 70.2 Å². The van der Waals surface area contributed by atoms with Crippen molar-refractivity contribution in [3.63, 3.8) is 0 Å². The normalized spacial score (nSPS) is 11.6. The molecule has 1 N–H and O–H groups in total. The number of anilines is 1. The minimum Gasteiger partial charge on any atom is -0.318 e. The Kier molecular flexibility index (Phi) is 7.59. The van der Waals surface area contributed by atoms with E-state index in [0.29, 0.717) is 5.69 Å². The topological polar surface area (TPSA) is 83.8 Å². The first kappa shape index (κ1) is 25.9. The van der Waals surface area contributed by atoms with Crippen molar-refractivity contribution >= 4 is 27.8 Å². The Morgan fingerprint density at radius 1 is 0.892 bits per heavy atom. The van der Waals surface area contributed by atoms with Gasteiger partial charge in [0.1, 0.15) is 6.54 Å². The molecule has 1 heterocycles. The van der Waals surface area contributed by atoms with Crippen molar-refractivity contribution in [2.45, 2.75) is 32.6 Å². The molecule has 0 aliphatic carbocycles. The minimum absolute atomic E-state index is 0.107. The summed E-state index contributed by atoms with van der Waals surface area (Å²) in [6.45, 7) is 7.54. The molecule has 0 bridgehead atoms. The molecule has 0 spiro atoms. The number of hydrogen-bond acceptors (Lipinski definition) is 4. The lowest BCUT2D eigenvalue weighted by molar-refractivity contribution is -0.119. The van der Waals surface area contributed by atoms with Gasteiger partial charge < -0.3 is 4.57 Å². The summed E-state index contributed by atoms with van der Waals surface area (Å²) in [5.74, 6) is -0.552. The van der Waals surface area contributed by atoms with Gasteiger partial charge in [0.2, 0.25) is 0 Å². The van der Waals surface area contributed by atoms with Gasteiger partial charge in [0.25, 0.3) is 15.9 Å². The number of benzene rings is 3. The molecule has 3 aromatic carbocycles. The maximum atomic E-state index is 13.4. The third-order valence-electron chi connectivity index (χ3n) is 6.10. The molecule has 0 radical (unpaired) electrons. The zero-order valence-corrected chi connectivity index (χ0v) is 22.2. The minimum atomic E-state index is -3.96. The molecular weight excluding hydrogens is 484 g/mol. The molecule has 1 aromatic heterocycles. The summed E-state index contributed by atoms with van der Waals surface area (Å²) < 4.78 is 30.0. The Balaban J connectivity index is 1.53. The van der Waals surface area contributed by atoms with Crippen molar-refractivity contribution in [1.82, 2.24) is 9.99 Å². The van der Waals surface area contributed by atoms with E-state index >= 15 is 0 Å². The summed E-state index contributed by atoms with van der Waals surface area (Å²) in [6, 6.07) is 25.3. The maximum absolute atomic E-state index is 13.4. The number of aromatic nitrogens is 1. The largest absolute Gasteiger partial charge is 0.318 e. The van der Waals surface area contributed by atoms with Gasteiger partial charge in [-0.1, -0.05) is 53.6 Å². The number of hydrogen-bond donors (Lipinski definition) is 1. The molecule has 4 aromatic rings. The van der Waals surface area contributed by atoms with Crippen molar-refractivity contribution < 1.29 is 13.2 Å². The third-order valence-corrected chi connectivity index (χ3v) is 7.88. The fourth-order valence-corrected chi connectivity index (χ4v) is 5.54. The second kappa shape index (κ2) is 10.8. The van der Waals surface area contributed by atoms with Crippen LogP contribution in [-0.2, 0) is 14.8 Å². The highest BCUT2D eigenvalue weighted by atomic mass is 32.2. The van der Waals surface area contributed by atoms with Gasteiger partial charge in [0.15, 0.2) is 0 Å². The van der Waals surface area contributed by atoms with E-state index < -0.39 is 22.5 Å². The van der Waals surface area contributed by atoms with Gasteiger partial charge in [-0.25, -0.2) is 13.8 Å². The van der Waals surface area contributed by atoms with Crippen LogP contribution in [0.2, 0.25) is 0 Å². The van der Waals surface area contributed by atoms with E-state index in [9.17, 15) is 13.2 Å². The van der Waals surface area contributed by atoms with Crippen LogP contribution in [-0.4, -0.2) is 31.7 Å². The number of hydrazone groups is 1. The first-order valence-corrected chi connectivity index (χ1v) is 13.3. The van der Waals surface area contributed by atoms with E-state index in [4.69, 9.17) is 0 Å². The van der Waals surface area contributed by atoms with E-state index in [1.54, 1.807) is 36.5 Å². The van der Waals surface area contributed by atoms with Gasteiger partial charge in [-0.15, -0.1) is 0 Å². The lowest BCUT2D eigenvalue weighted by Crippen LogP contribution is -2.39. The predicted octanol–water partition coefficient (Wildman–Crippen LogP) is 5.06. The molecule has 8 heteroatoms. The molecule has 0 aliphatic heterocycles. The number of nitrogens with one attached hydrogen (secondary N) is 1. The zero-order chi connectivity index (χ0) is 26.6. The second-order valence-electron chi connectivity index (χ2n) is 8.95. The Morgan fingerprint density at radius 3 is 2.11 bits per heavy atom. The molecule has 37 heavy (non-hydrogen) atoms. The standard InChI is InChI=1S/C29H30N4O3S/c1-21-10-14-26(15-11-21)32(37(35,36)28-8-6-5-7-9-28)20-29(34)31-30-19-25-18-23(3)33(24(25)4)27-16-12-22(2)13-17-27/h5-19H,20H2,1-4H3,(H,31,34)/b30-19-.